The second-order valence-corrected chi connectivity index (χ2v) is 6.39. The number of aromatic nitrogens is 3. The van der Waals surface area contributed by atoms with Crippen LogP contribution in [0.2, 0.25) is 0 Å². The first-order valence-electron chi connectivity index (χ1n) is 8.17. The number of hydrogen-bond donors (Lipinski definition) is 0. The van der Waals surface area contributed by atoms with Gasteiger partial charge in [-0.3, -0.25) is 18.7 Å². The van der Waals surface area contributed by atoms with Crippen LogP contribution in [0.5, 0.6) is 0 Å². The number of carbonyl (C=O) groups excluding carboxylic acids is 1. The van der Waals surface area contributed by atoms with Crippen LogP contribution < -0.4 is 11.2 Å². The Morgan fingerprint density at radius 3 is 2.54 bits per heavy atom. The van der Waals surface area contributed by atoms with Crippen molar-refractivity contribution in [3.8, 4) is 0 Å². The molecular weight excluding hydrogens is 332 g/mol. The summed E-state index contributed by atoms with van der Waals surface area (Å²) in [4.78, 5) is 42.9. The molecule has 134 valence electrons. The Morgan fingerprint density at radius 2 is 1.85 bits per heavy atom. The Hall–Kier alpha value is -3.22. The van der Waals surface area contributed by atoms with Gasteiger partial charge in [0.2, 0.25) is 0 Å². The fourth-order valence-corrected chi connectivity index (χ4v) is 2.92. The maximum Gasteiger partial charge on any atom is 0.332 e. The van der Waals surface area contributed by atoms with Crippen LogP contribution in [0.25, 0.3) is 11.0 Å². The average Bonchev–Trinajstić information content (AvgIpc) is 2.65. The van der Waals surface area contributed by atoms with E-state index in [1.165, 1.54) is 23.9 Å². The number of carbonyl (C=O) groups is 1. The second-order valence-electron chi connectivity index (χ2n) is 6.39. The van der Waals surface area contributed by atoms with Crippen molar-refractivity contribution in [2.24, 2.45) is 14.1 Å². The number of nitrogens with zero attached hydrogens (tertiary/aromatic N) is 4. The fourth-order valence-electron chi connectivity index (χ4n) is 2.92. The first kappa shape index (κ1) is 17.6. The van der Waals surface area contributed by atoms with Gasteiger partial charge in [0.1, 0.15) is 5.65 Å². The zero-order valence-electron chi connectivity index (χ0n) is 15.2. The van der Waals surface area contributed by atoms with Crippen molar-refractivity contribution in [3.05, 3.63) is 74.1 Å². The zero-order valence-corrected chi connectivity index (χ0v) is 15.2. The molecule has 0 spiro atoms. The molecule has 3 aromatic rings. The number of amides is 1. The molecule has 2 aromatic heterocycles. The lowest BCUT2D eigenvalue weighted by atomic mass is 10.1. The van der Waals surface area contributed by atoms with Gasteiger partial charge in [-0.1, -0.05) is 24.3 Å². The van der Waals surface area contributed by atoms with Crippen LogP contribution in [0.3, 0.4) is 0 Å². The van der Waals surface area contributed by atoms with Gasteiger partial charge in [0.05, 0.1) is 10.9 Å². The van der Waals surface area contributed by atoms with E-state index in [4.69, 9.17) is 0 Å². The summed E-state index contributed by atoms with van der Waals surface area (Å²) in [7, 11) is 4.66. The molecule has 2 heterocycles. The van der Waals surface area contributed by atoms with E-state index in [0.717, 1.165) is 15.7 Å². The quantitative estimate of drug-likeness (QED) is 0.710. The van der Waals surface area contributed by atoms with E-state index in [2.05, 4.69) is 4.98 Å². The van der Waals surface area contributed by atoms with Crippen molar-refractivity contribution in [2.45, 2.75) is 13.5 Å². The van der Waals surface area contributed by atoms with Crippen molar-refractivity contribution in [2.75, 3.05) is 7.05 Å². The molecule has 0 aliphatic rings. The van der Waals surface area contributed by atoms with Crippen molar-refractivity contribution in [1.82, 2.24) is 19.0 Å². The maximum atomic E-state index is 12.8. The molecule has 0 saturated heterocycles. The summed E-state index contributed by atoms with van der Waals surface area (Å²) in [6.45, 7) is 2.45. The largest absolute Gasteiger partial charge is 0.337 e. The molecule has 0 saturated carbocycles. The van der Waals surface area contributed by atoms with Crippen LogP contribution in [0.4, 0.5) is 0 Å². The Balaban J connectivity index is 2.00. The Kier molecular flexibility index (Phi) is 4.46. The number of aryl methyl sites for hydroxylation is 2. The van der Waals surface area contributed by atoms with E-state index in [1.807, 2.05) is 31.2 Å². The lowest BCUT2D eigenvalue weighted by Gasteiger charge is -2.18. The third-order valence-electron chi connectivity index (χ3n) is 4.56. The molecule has 0 aliphatic heterocycles. The summed E-state index contributed by atoms with van der Waals surface area (Å²) in [5.74, 6) is -0.237. The first-order valence-corrected chi connectivity index (χ1v) is 8.17. The molecule has 0 aliphatic carbocycles. The van der Waals surface area contributed by atoms with Gasteiger partial charge in [0.25, 0.3) is 11.5 Å². The molecule has 0 unspecified atom stereocenters. The Labute approximate surface area is 150 Å². The number of hydrogen-bond acceptors (Lipinski definition) is 4. The predicted molar refractivity (Wildman–Crippen MR) is 99.2 cm³/mol. The molecule has 3 rings (SSSR count). The molecular formula is C19H20N4O3. The molecule has 0 radical (unpaired) electrons. The van der Waals surface area contributed by atoms with E-state index in [-0.39, 0.29) is 16.9 Å². The van der Waals surface area contributed by atoms with E-state index in [1.54, 1.807) is 19.0 Å². The molecule has 26 heavy (non-hydrogen) atoms. The average molecular weight is 352 g/mol. The van der Waals surface area contributed by atoms with Gasteiger partial charge in [0.15, 0.2) is 0 Å². The van der Waals surface area contributed by atoms with Crippen LogP contribution >= 0.6 is 0 Å². The van der Waals surface area contributed by atoms with E-state index in [0.29, 0.717) is 12.1 Å². The van der Waals surface area contributed by atoms with Gasteiger partial charge in [-0.15, -0.1) is 0 Å². The van der Waals surface area contributed by atoms with Crippen LogP contribution in [0.15, 0.2) is 46.1 Å². The summed E-state index contributed by atoms with van der Waals surface area (Å²) in [5, 5.41) is 0.241. The number of benzene rings is 1. The lowest BCUT2D eigenvalue weighted by molar-refractivity contribution is 0.0784. The van der Waals surface area contributed by atoms with Crippen molar-refractivity contribution in [3.63, 3.8) is 0 Å². The first-order chi connectivity index (χ1) is 12.3. The Bertz CT molecular complexity index is 1130. The minimum atomic E-state index is -0.466. The van der Waals surface area contributed by atoms with E-state index < -0.39 is 11.2 Å². The summed E-state index contributed by atoms with van der Waals surface area (Å²) in [6, 6.07) is 9.36. The topological polar surface area (TPSA) is 77.2 Å². The van der Waals surface area contributed by atoms with Gasteiger partial charge in [-0.2, -0.15) is 0 Å². The minimum absolute atomic E-state index is 0.237. The SMILES string of the molecule is Cc1ccccc1CN(C)C(=O)c1cnc2c(c1)c(=O)n(C)c(=O)n2C. The molecule has 7 nitrogen and oxygen atoms in total. The lowest BCUT2D eigenvalue weighted by Crippen LogP contribution is -2.37. The highest BCUT2D eigenvalue weighted by atomic mass is 16.2. The second kappa shape index (κ2) is 6.59. The molecule has 7 heteroatoms. The molecule has 0 atom stereocenters. The maximum absolute atomic E-state index is 12.8. The van der Waals surface area contributed by atoms with Crippen LogP contribution in [-0.4, -0.2) is 32.0 Å². The van der Waals surface area contributed by atoms with E-state index in [9.17, 15) is 14.4 Å². The fraction of sp³-hybridized carbons (Fsp3) is 0.263. The molecule has 1 aromatic carbocycles. The summed E-state index contributed by atoms with van der Waals surface area (Å²) in [6.07, 6.45) is 1.40. The highest BCUT2D eigenvalue weighted by Gasteiger charge is 2.17. The van der Waals surface area contributed by atoms with Crippen molar-refractivity contribution >= 4 is 16.9 Å². The van der Waals surface area contributed by atoms with Crippen LogP contribution in [0, 0.1) is 6.92 Å². The minimum Gasteiger partial charge on any atom is -0.337 e. The monoisotopic (exact) mass is 352 g/mol. The standard InChI is InChI=1S/C19H20N4O3/c1-12-7-5-6-8-13(12)11-21(2)17(24)14-9-15-16(20-10-14)22(3)19(26)23(4)18(15)25/h5-10H,11H2,1-4H3. The molecule has 0 bridgehead atoms. The van der Waals surface area contributed by atoms with Gasteiger partial charge in [-0.25, -0.2) is 9.78 Å². The highest BCUT2D eigenvalue weighted by molar-refractivity contribution is 5.96. The molecule has 1 amide bonds. The normalized spacial score (nSPS) is 10.9. The van der Waals surface area contributed by atoms with Crippen molar-refractivity contribution < 1.29 is 4.79 Å². The third kappa shape index (κ3) is 2.92. The Morgan fingerprint density at radius 1 is 1.15 bits per heavy atom. The van der Waals surface area contributed by atoms with Gasteiger partial charge >= 0.3 is 5.69 Å². The summed E-state index contributed by atoms with van der Waals surface area (Å²) < 4.78 is 2.30. The molecule has 0 fully saturated rings. The van der Waals surface area contributed by atoms with Gasteiger partial charge in [0, 0.05) is 33.9 Å². The van der Waals surface area contributed by atoms with Crippen molar-refractivity contribution in [1.29, 1.82) is 0 Å². The zero-order chi connectivity index (χ0) is 19.0. The van der Waals surface area contributed by atoms with Crippen LogP contribution in [0.1, 0.15) is 21.5 Å². The van der Waals surface area contributed by atoms with Gasteiger partial charge < -0.3 is 4.90 Å². The number of fused-ring (bicyclic) bond motifs is 1. The summed E-state index contributed by atoms with van der Waals surface area (Å²) >= 11 is 0. The van der Waals surface area contributed by atoms with E-state index >= 15 is 0 Å². The molecule has 0 N–H and O–H groups in total. The predicted octanol–water partition coefficient (Wildman–Crippen LogP) is 1.21. The number of rotatable bonds is 3. The highest BCUT2D eigenvalue weighted by Crippen LogP contribution is 2.13. The number of pyridine rings is 1. The smallest absolute Gasteiger partial charge is 0.332 e. The van der Waals surface area contributed by atoms with Crippen LogP contribution in [-0.2, 0) is 20.6 Å². The third-order valence-corrected chi connectivity index (χ3v) is 4.56. The summed E-state index contributed by atoms with van der Waals surface area (Å²) in [5.41, 5.74) is 1.81. The van der Waals surface area contributed by atoms with Gasteiger partial charge in [-0.05, 0) is 24.1 Å².